The fourth-order valence-electron chi connectivity index (χ4n) is 2.98. The van der Waals surface area contributed by atoms with E-state index in [0.29, 0.717) is 27.8 Å². The Bertz CT molecular complexity index is 829. The number of hydrogen-bond acceptors (Lipinski definition) is 3. The first-order valence-corrected chi connectivity index (χ1v) is 8.51. The average molecular weight is 338 g/mol. The molecule has 0 atom stereocenters. The zero-order valence-electron chi connectivity index (χ0n) is 15.5. The van der Waals surface area contributed by atoms with Gasteiger partial charge in [0.05, 0.1) is 0 Å². The lowest BCUT2D eigenvalue weighted by molar-refractivity contribution is 0.451. The summed E-state index contributed by atoms with van der Waals surface area (Å²) in [7, 11) is 0. The molecule has 0 aliphatic heterocycles. The highest BCUT2D eigenvalue weighted by Crippen LogP contribution is 2.43. The summed E-state index contributed by atoms with van der Waals surface area (Å²) in [6, 6.07) is 5.23. The van der Waals surface area contributed by atoms with Crippen molar-refractivity contribution in [2.24, 2.45) is 0 Å². The van der Waals surface area contributed by atoms with Crippen LogP contribution in [0.3, 0.4) is 0 Å². The smallest absolute Gasteiger partial charge is 0.127 e. The molecule has 0 radical (unpaired) electrons. The highest BCUT2D eigenvalue weighted by molar-refractivity contribution is 5.85. The largest absolute Gasteiger partial charge is 0.507 e. The van der Waals surface area contributed by atoms with Gasteiger partial charge in [0.2, 0.25) is 0 Å². The lowest BCUT2D eigenvalue weighted by Crippen LogP contribution is -1.94. The first kappa shape index (κ1) is 18.7. The molecule has 0 saturated carbocycles. The van der Waals surface area contributed by atoms with Crippen LogP contribution in [0.1, 0.15) is 42.5 Å². The third kappa shape index (κ3) is 3.41. The van der Waals surface area contributed by atoms with Gasteiger partial charge in [-0.05, 0) is 68.5 Å². The van der Waals surface area contributed by atoms with E-state index in [-0.39, 0.29) is 17.2 Å². The van der Waals surface area contributed by atoms with Crippen molar-refractivity contribution in [3.05, 3.63) is 58.7 Å². The van der Waals surface area contributed by atoms with E-state index in [9.17, 15) is 15.3 Å². The Morgan fingerprint density at radius 3 is 2.20 bits per heavy atom. The van der Waals surface area contributed by atoms with Gasteiger partial charge in [0, 0.05) is 16.7 Å². The van der Waals surface area contributed by atoms with Crippen molar-refractivity contribution in [1.29, 1.82) is 0 Å². The van der Waals surface area contributed by atoms with Gasteiger partial charge in [-0.3, -0.25) is 0 Å². The monoisotopic (exact) mass is 338 g/mol. The second kappa shape index (κ2) is 7.47. The van der Waals surface area contributed by atoms with Gasteiger partial charge in [-0.2, -0.15) is 0 Å². The Labute approximate surface area is 149 Å². The number of allylic oxidation sites excluding steroid dienone is 4. The topological polar surface area (TPSA) is 60.7 Å². The SMILES string of the molecule is C/C=C(\C=C/CC)c1cc(-c2c(C)c(O)c(C)c(C)c2O)ccc1O. The number of phenols is 3. The Morgan fingerprint density at radius 1 is 0.960 bits per heavy atom. The Kier molecular flexibility index (Phi) is 5.58. The molecule has 2 aromatic rings. The summed E-state index contributed by atoms with van der Waals surface area (Å²) in [4.78, 5) is 0. The van der Waals surface area contributed by atoms with Crippen LogP contribution in [0.25, 0.3) is 16.7 Å². The normalized spacial score (nSPS) is 12.1. The summed E-state index contributed by atoms with van der Waals surface area (Å²) in [6.07, 6.45) is 6.85. The van der Waals surface area contributed by atoms with E-state index in [1.54, 1.807) is 32.9 Å². The molecule has 3 nitrogen and oxygen atoms in total. The molecule has 0 aliphatic carbocycles. The molecule has 3 N–H and O–H groups in total. The number of rotatable bonds is 4. The molecule has 0 heterocycles. The summed E-state index contributed by atoms with van der Waals surface area (Å²) in [5.41, 5.74) is 4.92. The maximum Gasteiger partial charge on any atom is 0.127 e. The van der Waals surface area contributed by atoms with Crippen molar-refractivity contribution in [3.63, 3.8) is 0 Å². The molecule has 0 amide bonds. The highest BCUT2D eigenvalue weighted by atomic mass is 16.3. The Morgan fingerprint density at radius 2 is 1.60 bits per heavy atom. The molecule has 0 fully saturated rings. The molecule has 0 aromatic heterocycles. The summed E-state index contributed by atoms with van der Waals surface area (Å²) >= 11 is 0. The Balaban J connectivity index is 2.72. The summed E-state index contributed by atoms with van der Waals surface area (Å²) < 4.78 is 0. The first-order valence-electron chi connectivity index (χ1n) is 8.51. The molecule has 2 rings (SSSR count). The second-order valence-electron chi connectivity index (χ2n) is 6.23. The molecular formula is C22H26O3. The zero-order valence-corrected chi connectivity index (χ0v) is 15.5. The minimum atomic E-state index is 0.163. The molecule has 0 bridgehead atoms. The van der Waals surface area contributed by atoms with Crippen LogP contribution < -0.4 is 0 Å². The van der Waals surface area contributed by atoms with E-state index in [0.717, 1.165) is 17.6 Å². The van der Waals surface area contributed by atoms with Crippen LogP contribution in [0.4, 0.5) is 0 Å². The van der Waals surface area contributed by atoms with Crippen molar-refractivity contribution in [1.82, 2.24) is 0 Å². The zero-order chi connectivity index (χ0) is 18.7. The van der Waals surface area contributed by atoms with Gasteiger partial charge < -0.3 is 15.3 Å². The quantitative estimate of drug-likeness (QED) is 0.490. The number of phenolic OH excluding ortho intramolecular Hbond substituents is 3. The predicted octanol–water partition coefficient (Wildman–Crippen LogP) is 5.77. The second-order valence-corrected chi connectivity index (χ2v) is 6.23. The molecule has 0 aliphatic rings. The average Bonchev–Trinajstić information content (AvgIpc) is 2.61. The summed E-state index contributed by atoms with van der Waals surface area (Å²) in [6.45, 7) is 9.34. The van der Waals surface area contributed by atoms with E-state index in [1.165, 1.54) is 0 Å². The minimum Gasteiger partial charge on any atom is -0.507 e. The van der Waals surface area contributed by atoms with E-state index in [4.69, 9.17) is 0 Å². The fourth-order valence-corrected chi connectivity index (χ4v) is 2.98. The van der Waals surface area contributed by atoms with E-state index in [1.807, 2.05) is 31.2 Å². The lowest BCUT2D eigenvalue weighted by atomic mass is 9.90. The number of benzene rings is 2. The van der Waals surface area contributed by atoms with Crippen LogP contribution in [0.5, 0.6) is 17.2 Å². The molecule has 0 unspecified atom stereocenters. The molecule has 0 saturated heterocycles. The van der Waals surface area contributed by atoms with Crippen LogP contribution in [0.15, 0.2) is 36.4 Å². The van der Waals surface area contributed by atoms with Crippen LogP contribution >= 0.6 is 0 Å². The molecule has 2 aromatic carbocycles. The van der Waals surface area contributed by atoms with Crippen molar-refractivity contribution >= 4 is 5.57 Å². The van der Waals surface area contributed by atoms with Crippen molar-refractivity contribution in [3.8, 4) is 28.4 Å². The first-order chi connectivity index (χ1) is 11.8. The van der Waals surface area contributed by atoms with E-state index >= 15 is 0 Å². The maximum absolute atomic E-state index is 10.6. The van der Waals surface area contributed by atoms with Gasteiger partial charge in [-0.1, -0.05) is 31.2 Å². The van der Waals surface area contributed by atoms with E-state index < -0.39 is 0 Å². The molecular weight excluding hydrogens is 312 g/mol. The summed E-state index contributed by atoms with van der Waals surface area (Å²) in [5, 5.41) is 31.3. The molecule has 3 heteroatoms. The van der Waals surface area contributed by atoms with E-state index in [2.05, 4.69) is 6.92 Å². The van der Waals surface area contributed by atoms with Crippen LogP contribution in [-0.2, 0) is 0 Å². The van der Waals surface area contributed by atoms with Crippen LogP contribution in [0, 0.1) is 20.8 Å². The molecule has 25 heavy (non-hydrogen) atoms. The van der Waals surface area contributed by atoms with Crippen molar-refractivity contribution in [2.75, 3.05) is 0 Å². The summed E-state index contributed by atoms with van der Waals surface area (Å²) in [5.74, 6) is 0.537. The Hall–Kier alpha value is -2.68. The third-order valence-electron chi connectivity index (χ3n) is 4.68. The van der Waals surface area contributed by atoms with Gasteiger partial charge in [-0.15, -0.1) is 0 Å². The standard InChI is InChI=1S/C22H26O3/c1-6-8-9-16(7-2)18-12-17(10-11-19(18)23)20-15(5)21(24)13(3)14(4)22(20)25/h7-12,23-25H,6H2,1-5H3/b9-8-,16-7+. The van der Waals surface area contributed by atoms with Crippen LogP contribution in [0.2, 0.25) is 0 Å². The number of aromatic hydroxyl groups is 3. The number of hydrogen-bond donors (Lipinski definition) is 3. The molecule has 132 valence electrons. The maximum atomic E-state index is 10.6. The third-order valence-corrected chi connectivity index (χ3v) is 4.68. The van der Waals surface area contributed by atoms with Gasteiger partial charge in [-0.25, -0.2) is 0 Å². The van der Waals surface area contributed by atoms with Gasteiger partial charge in [0.25, 0.3) is 0 Å². The molecule has 0 spiro atoms. The van der Waals surface area contributed by atoms with Gasteiger partial charge >= 0.3 is 0 Å². The highest BCUT2D eigenvalue weighted by Gasteiger charge is 2.19. The fraction of sp³-hybridized carbons (Fsp3) is 0.273. The lowest BCUT2D eigenvalue weighted by Gasteiger charge is -2.17. The van der Waals surface area contributed by atoms with Crippen molar-refractivity contribution < 1.29 is 15.3 Å². The minimum absolute atomic E-state index is 0.163. The predicted molar refractivity (Wildman–Crippen MR) is 104 cm³/mol. The van der Waals surface area contributed by atoms with Gasteiger partial charge in [0.15, 0.2) is 0 Å². The van der Waals surface area contributed by atoms with Gasteiger partial charge in [0.1, 0.15) is 17.2 Å². The van der Waals surface area contributed by atoms with Crippen LogP contribution in [-0.4, -0.2) is 15.3 Å². The van der Waals surface area contributed by atoms with Crippen molar-refractivity contribution in [2.45, 2.75) is 41.0 Å².